The van der Waals surface area contributed by atoms with Crippen molar-refractivity contribution in [1.82, 2.24) is 90.5 Å². The minimum absolute atomic E-state index is 0.110. The highest BCUT2D eigenvalue weighted by Gasteiger charge is 2.35. The maximum Gasteiger partial charge on any atom is 0.276 e. The van der Waals surface area contributed by atoms with E-state index in [0.717, 1.165) is 221 Å². The molecule has 0 bridgehead atoms. The minimum Gasteiger partial charge on any atom is -0.370 e. The molecule has 32 nitrogen and oxygen atoms in total. The fraction of sp³-hybridized carbons (Fsp3) is 0.327. The number of amides is 4. The quantitative estimate of drug-likeness (QED) is 0.0312. The molecule has 8 saturated heterocycles. The number of fused-ring (bicyclic) bond motifs is 4. The molecule has 12 aromatic heterocycles. The standard InChI is InChI=1S/C28H29F2N7O.C27H29N7O.2C26H27N7O/c29-28(30)7-11-36(12-8-28)18-19-13-21(16-31-15-19)20-3-5-24-23(14-20)26(35-34-24)27(38)33-22-4-6-25(32-17-22)37-9-1-2-10-37;35-27(30-21-7-9-25(29-17-21)34-12-4-5-13-34)26-23-15-19(6-8-24(23)31-32-26)20-14-22(18-28-16-20)33-10-2-1-3-11-33;34-26(29-21-5-7-24(28-16-21)33-10-1-2-11-33)25-22-13-19(4-6-23(22)30-31-25)20-12-18(14-27-15-20)17-32-8-3-9-32;34-26(29-20-6-8-24(28-16-20)33-11-3-4-12-33)25-22-14-18(5-7-23(22)30-31-25)19-13-21(17-27-15-19)32-9-1-2-10-32/h3-6,13-17H,1-2,7-12,18H2,(H,33,38)(H,34,35);6-9,14-18H,1-5,10-13H2,(H,30,35)(H,31,32);4-7,12-16H,1-3,8-11,17H2,(H,29,34)(H,30,31);5-8,13-17H,1-4,9-12H2,(H,29,34)(H,30,31). The van der Waals surface area contributed by atoms with Crippen LogP contribution in [-0.2, 0) is 13.1 Å². The monoisotopic (exact) mass is 1890 g/mol. The van der Waals surface area contributed by atoms with Gasteiger partial charge in [-0.2, -0.15) is 20.4 Å². The van der Waals surface area contributed by atoms with Crippen LogP contribution in [-0.4, -0.2) is 225 Å². The first-order valence-corrected chi connectivity index (χ1v) is 49.3. The summed E-state index contributed by atoms with van der Waals surface area (Å²) in [5.74, 6) is 0.119. The first-order valence-electron chi connectivity index (χ1n) is 49.3. The van der Waals surface area contributed by atoms with Crippen molar-refractivity contribution in [2.45, 2.75) is 122 Å². The van der Waals surface area contributed by atoms with Crippen molar-refractivity contribution in [1.29, 1.82) is 0 Å². The van der Waals surface area contributed by atoms with Gasteiger partial charge in [0.1, 0.15) is 23.3 Å². The molecule has 8 fully saturated rings. The molecular weight excluding hydrogens is 1780 g/mol. The van der Waals surface area contributed by atoms with Gasteiger partial charge in [-0.25, -0.2) is 28.7 Å². The molecule has 24 rings (SSSR count). The molecule has 16 aromatic rings. The molecule has 34 heteroatoms. The van der Waals surface area contributed by atoms with Crippen LogP contribution in [0.25, 0.3) is 88.1 Å². The Morgan fingerprint density at radius 1 is 0.270 bits per heavy atom. The van der Waals surface area contributed by atoms with Crippen molar-refractivity contribution in [3.8, 4) is 44.5 Å². The van der Waals surface area contributed by atoms with Crippen LogP contribution in [0.3, 0.4) is 0 Å². The van der Waals surface area contributed by atoms with E-state index < -0.39 is 5.92 Å². The molecule has 20 heterocycles. The van der Waals surface area contributed by atoms with Crippen LogP contribution >= 0.6 is 0 Å². The van der Waals surface area contributed by atoms with Crippen LogP contribution in [0.15, 0.2) is 220 Å². The fourth-order valence-corrected chi connectivity index (χ4v) is 19.8. The maximum atomic E-state index is 13.5. The van der Waals surface area contributed by atoms with Gasteiger partial charge in [-0.1, -0.05) is 24.3 Å². The third kappa shape index (κ3) is 21.7. The van der Waals surface area contributed by atoms with Crippen molar-refractivity contribution in [2.24, 2.45) is 0 Å². The van der Waals surface area contributed by atoms with Gasteiger partial charge < -0.3 is 50.7 Å². The SMILES string of the molecule is O=C(Nc1ccc(N2CCCC2)nc1)c1n[nH]c2ccc(-c3cncc(CN4CCC(F)(F)CC4)c3)cc12.O=C(Nc1ccc(N2CCCC2)nc1)c1n[nH]c2ccc(-c3cncc(CN4CCC4)c3)cc12.O=C(Nc1ccc(N2CCCC2)nc1)c1n[nH]c2ccc(-c3cncc(N4CCCC4)c3)cc12.O=C(Nc1ccc(N2CCCC2)nc1)c1n[nH]c2ccc(-c3cncc(N4CCCCC4)c3)cc12. The topological polar surface area (TPSA) is 360 Å². The van der Waals surface area contributed by atoms with Gasteiger partial charge in [0, 0.05) is 199 Å². The lowest BCUT2D eigenvalue weighted by molar-refractivity contribution is -0.0566. The van der Waals surface area contributed by atoms with E-state index in [4.69, 9.17) is 0 Å². The van der Waals surface area contributed by atoms with Crippen molar-refractivity contribution >= 4 is 125 Å². The first-order chi connectivity index (χ1) is 69.1. The van der Waals surface area contributed by atoms with Crippen LogP contribution in [0.2, 0.25) is 0 Å². The summed E-state index contributed by atoms with van der Waals surface area (Å²) in [5, 5.41) is 43.8. The number of carbonyl (C=O) groups is 4. The molecule has 141 heavy (non-hydrogen) atoms. The number of likely N-dealkylation sites (tertiary alicyclic amines) is 2. The highest BCUT2D eigenvalue weighted by molar-refractivity contribution is 6.15. The number of benzene rings is 4. The summed E-state index contributed by atoms with van der Waals surface area (Å²) in [5.41, 5.74) is 19.5. The summed E-state index contributed by atoms with van der Waals surface area (Å²) >= 11 is 0. The highest BCUT2D eigenvalue weighted by Crippen LogP contribution is 2.37. The number of piperidine rings is 2. The summed E-state index contributed by atoms with van der Waals surface area (Å²) in [4.78, 5) is 106. The number of nitrogens with one attached hydrogen (secondary N) is 8. The molecule has 0 spiro atoms. The second-order valence-corrected chi connectivity index (χ2v) is 37.6. The van der Waals surface area contributed by atoms with Gasteiger partial charge in [0.15, 0.2) is 22.8 Å². The predicted molar refractivity (Wildman–Crippen MR) is 549 cm³/mol. The van der Waals surface area contributed by atoms with Crippen LogP contribution < -0.4 is 50.7 Å². The molecule has 718 valence electrons. The van der Waals surface area contributed by atoms with Crippen LogP contribution in [0.1, 0.15) is 156 Å². The normalized spacial score (nSPS) is 16.5. The summed E-state index contributed by atoms with van der Waals surface area (Å²) in [6.45, 7) is 17.1. The number of H-pyrrole nitrogens is 4. The first kappa shape index (κ1) is 91.8. The zero-order valence-electron chi connectivity index (χ0n) is 78.7. The van der Waals surface area contributed by atoms with Crippen LogP contribution in [0, 0.1) is 0 Å². The van der Waals surface area contributed by atoms with E-state index in [9.17, 15) is 28.0 Å². The molecule has 0 aliphatic carbocycles. The Morgan fingerprint density at radius 3 is 0.816 bits per heavy atom. The summed E-state index contributed by atoms with van der Waals surface area (Å²) in [7, 11) is 0. The average molecular weight is 1890 g/mol. The zero-order chi connectivity index (χ0) is 95.5. The Morgan fingerprint density at radius 2 is 0.539 bits per heavy atom. The lowest BCUT2D eigenvalue weighted by Crippen LogP contribution is -2.38. The van der Waals surface area contributed by atoms with Crippen molar-refractivity contribution in [3.63, 3.8) is 0 Å². The zero-order valence-corrected chi connectivity index (χ0v) is 78.7. The van der Waals surface area contributed by atoms with E-state index in [1.807, 2.05) is 169 Å². The second kappa shape index (κ2) is 42.0. The Bertz CT molecular complexity index is 7100. The van der Waals surface area contributed by atoms with Gasteiger partial charge >= 0.3 is 0 Å². The number of rotatable bonds is 22. The molecule has 0 saturated carbocycles. The average Bonchev–Trinajstić information content (AvgIpc) is 1.62. The lowest BCUT2D eigenvalue weighted by atomic mass is 10.0. The van der Waals surface area contributed by atoms with Crippen molar-refractivity contribution in [2.75, 3.05) is 155 Å². The van der Waals surface area contributed by atoms with E-state index in [-0.39, 0.29) is 36.5 Å². The summed E-state index contributed by atoms with van der Waals surface area (Å²) in [6.07, 6.45) is 38.5. The number of aromatic nitrogens is 16. The summed E-state index contributed by atoms with van der Waals surface area (Å²) < 4.78 is 27.0. The van der Waals surface area contributed by atoms with Gasteiger partial charge in [0.25, 0.3) is 29.6 Å². The number of nitrogens with zero attached hydrogens (tertiary/aromatic N) is 20. The number of alkyl halides is 2. The van der Waals surface area contributed by atoms with Gasteiger partial charge in [-0.3, -0.25) is 69.3 Å². The maximum absolute atomic E-state index is 13.5. The van der Waals surface area contributed by atoms with Crippen molar-refractivity contribution < 1.29 is 28.0 Å². The van der Waals surface area contributed by atoms with E-state index in [1.54, 1.807) is 37.2 Å². The van der Waals surface area contributed by atoms with Crippen LogP contribution in [0.5, 0.6) is 0 Å². The molecule has 8 N–H and O–H groups in total. The molecule has 4 amide bonds. The molecule has 0 radical (unpaired) electrons. The van der Waals surface area contributed by atoms with Gasteiger partial charge in [0.05, 0.1) is 93.4 Å². The third-order valence-electron chi connectivity index (χ3n) is 27.8. The molecular formula is C107H112F2N28O4. The molecule has 0 unspecified atom stereocenters. The third-order valence-corrected chi connectivity index (χ3v) is 27.8. The van der Waals surface area contributed by atoms with Gasteiger partial charge in [0.2, 0.25) is 0 Å². The van der Waals surface area contributed by atoms with E-state index in [2.05, 4.69) is 154 Å². The fourth-order valence-electron chi connectivity index (χ4n) is 19.8. The lowest BCUT2D eigenvalue weighted by Gasteiger charge is -2.31. The highest BCUT2D eigenvalue weighted by atomic mass is 19.3. The van der Waals surface area contributed by atoms with Crippen LogP contribution in [0.4, 0.5) is 66.2 Å². The number of aromatic amines is 4. The molecule has 0 atom stereocenters. The van der Waals surface area contributed by atoms with Gasteiger partial charge in [-0.15, -0.1) is 0 Å². The minimum atomic E-state index is -2.56. The largest absolute Gasteiger partial charge is 0.370 e. The predicted octanol–water partition coefficient (Wildman–Crippen LogP) is 18.5. The van der Waals surface area contributed by atoms with E-state index >= 15 is 0 Å². The number of hydrogen-bond donors (Lipinski definition) is 8. The second-order valence-electron chi connectivity index (χ2n) is 37.6. The number of hydrogen-bond acceptors (Lipinski definition) is 24. The Balaban J connectivity index is 0.000000112. The van der Waals surface area contributed by atoms with E-state index in [1.165, 1.54) is 95.5 Å². The van der Waals surface area contributed by atoms with Gasteiger partial charge in [-0.05, 0) is 258 Å². The van der Waals surface area contributed by atoms with E-state index in [0.29, 0.717) is 70.5 Å². The number of pyridine rings is 8. The van der Waals surface area contributed by atoms with Crippen molar-refractivity contribution in [3.05, 3.63) is 254 Å². The Kier molecular flexibility index (Phi) is 27.3. The number of carbonyl (C=O) groups excluding carboxylic acids is 4. The smallest absolute Gasteiger partial charge is 0.276 e. The molecule has 8 aliphatic heterocycles. The summed E-state index contributed by atoms with van der Waals surface area (Å²) in [6, 6.07) is 47.7. The number of halogens is 2. The Hall–Kier alpha value is -15.6. The molecule has 4 aromatic carbocycles. The number of anilines is 10. The molecule has 8 aliphatic rings. The Labute approximate surface area is 814 Å².